The van der Waals surface area contributed by atoms with Crippen molar-refractivity contribution in [2.24, 2.45) is 0 Å². The van der Waals surface area contributed by atoms with E-state index in [1.165, 1.54) is 0 Å². The summed E-state index contributed by atoms with van der Waals surface area (Å²) < 4.78 is 26.3. The van der Waals surface area contributed by atoms with Gasteiger partial charge in [-0.1, -0.05) is 12.1 Å². The molecule has 0 saturated carbocycles. The molecule has 1 atom stereocenters. The summed E-state index contributed by atoms with van der Waals surface area (Å²) in [5, 5.41) is 9.11. The molecule has 104 valence electrons. The molecule has 0 radical (unpaired) electrons. The predicted octanol–water partition coefficient (Wildman–Crippen LogP) is 1.54. The van der Waals surface area contributed by atoms with E-state index < -0.39 is 22.0 Å². The topological polar surface area (TPSA) is 74.7 Å². The van der Waals surface area contributed by atoms with Gasteiger partial charge in [0.05, 0.1) is 4.90 Å². The first-order valence-electron chi connectivity index (χ1n) is 6.16. The van der Waals surface area contributed by atoms with Crippen LogP contribution in [0.3, 0.4) is 0 Å². The van der Waals surface area contributed by atoms with Crippen LogP contribution in [-0.4, -0.2) is 36.4 Å². The van der Waals surface area contributed by atoms with Crippen LogP contribution in [0.4, 0.5) is 0 Å². The molecule has 0 aliphatic carbocycles. The van der Waals surface area contributed by atoms with Gasteiger partial charge in [-0.25, -0.2) is 8.42 Å². The Labute approximate surface area is 112 Å². The molecule has 0 unspecified atom stereocenters. The minimum absolute atomic E-state index is 0.209. The van der Waals surface area contributed by atoms with Crippen molar-refractivity contribution in [3.8, 4) is 0 Å². The van der Waals surface area contributed by atoms with Crippen LogP contribution in [0.15, 0.2) is 23.1 Å². The fourth-order valence-corrected chi connectivity index (χ4v) is 4.35. The van der Waals surface area contributed by atoms with Crippen molar-refractivity contribution in [1.82, 2.24) is 4.31 Å². The van der Waals surface area contributed by atoms with Crippen molar-refractivity contribution in [3.63, 3.8) is 0 Å². The molecular weight excluding hydrogens is 266 g/mol. The molecule has 1 aliphatic heterocycles. The SMILES string of the molecule is Cc1ccc(C)c(S(=O)(=O)N2CCC[C@@H]2C(=O)O)c1. The lowest BCUT2D eigenvalue weighted by atomic mass is 10.2. The molecule has 6 heteroatoms. The summed E-state index contributed by atoms with van der Waals surface area (Å²) in [5.74, 6) is -1.08. The van der Waals surface area contributed by atoms with Crippen LogP contribution in [0.1, 0.15) is 24.0 Å². The Morgan fingerprint density at radius 3 is 2.68 bits per heavy atom. The number of carboxylic acids is 1. The lowest BCUT2D eigenvalue weighted by Crippen LogP contribution is -2.40. The Kier molecular flexibility index (Phi) is 3.64. The second-order valence-electron chi connectivity index (χ2n) is 4.88. The molecular formula is C13H17NO4S. The van der Waals surface area contributed by atoms with Crippen molar-refractivity contribution >= 4 is 16.0 Å². The second-order valence-corrected chi connectivity index (χ2v) is 6.74. The molecule has 1 fully saturated rings. The monoisotopic (exact) mass is 283 g/mol. The first-order chi connectivity index (χ1) is 8.84. The van der Waals surface area contributed by atoms with Crippen molar-refractivity contribution in [3.05, 3.63) is 29.3 Å². The van der Waals surface area contributed by atoms with Gasteiger partial charge in [0.1, 0.15) is 6.04 Å². The molecule has 1 aliphatic rings. The lowest BCUT2D eigenvalue weighted by molar-refractivity contribution is -0.140. The summed E-state index contributed by atoms with van der Waals surface area (Å²) in [6.07, 6.45) is 0.959. The van der Waals surface area contributed by atoms with E-state index in [0.29, 0.717) is 18.4 Å². The summed E-state index contributed by atoms with van der Waals surface area (Å²) >= 11 is 0. The third-order valence-corrected chi connectivity index (χ3v) is 5.47. The highest BCUT2D eigenvalue weighted by atomic mass is 32.2. The lowest BCUT2D eigenvalue weighted by Gasteiger charge is -2.22. The van der Waals surface area contributed by atoms with Gasteiger partial charge < -0.3 is 5.11 Å². The summed E-state index contributed by atoms with van der Waals surface area (Å²) in [6.45, 7) is 3.81. The molecule has 0 amide bonds. The summed E-state index contributed by atoms with van der Waals surface area (Å²) in [6, 6.07) is 4.24. The number of hydrogen-bond acceptors (Lipinski definition) is 3. The number of hydrogen-bond donors (Lipinski definition) is 1. The van der Waals surface area contributed by atoms with Gasteiger partial charge in [0, 0.05) is 6.54 Å². The number of carbonyl (C=O) groups is 1. The molecule has 0 spiro atoms. The van der Waals surface area contributed by atoms with E-state index in [1.54, 1.807) is 19.1 Å². The number of aryl methyl sites for hydroxylation is 2. The molecule has 5 nitrogen and oxygen atoms in total. The van der Waals surface area contributed by atoms with E-state index in [4.69, 9.17) is 5.11 Å². The number of carboxylic acid groups (broad SMARTS) is 1. The van der Waals surface area contributed by atoms with E-state index in [9.17, 15) is 13.2 Å². The minimum Gasteiger partial charge on any atom is -0.480 e. The normalized spacial score (nSPS) is 20.6. The minimum atomic E-state index is -3.73. The molecule has 1 aromatic rings. The first-order valence-corrected chi connectivity index (χ1v) is 7.60. The number of benzene rings is 1. The Morgan fingerprint density at radius 2 is 2.05 bits per heavy atom. The van der Waals surface area contributed by atoms with Crippen LogP contribution in [0.2, 0.25) is 0 Å². The molecule has 0 aromatic heterocycles. The van der Waals surface area contributed by atoms with Crippen LogP contribution in [0.25, 0.3) is 0 Å². The Morgan fingerprint density at radius 1 is 1.37 bits per heavy atom. The maximum Gasteiger partial charge on any atom is 0.322 e. The Balaban J connectivity index is 2.48. The standard InChI is InChI=1S/C13H17NO4S/c1-9-5-6-10(2)12(8-9)19(17,18)14-7-3-4-11(14)13(15)16/h5-6,8,11H,3-4,7H2,1-2H3,(H,15,16)/t11-/m1/s1. The summed E-state index contributed by atoms with van der Waals surface area (Å²) in [7, 11) is -3.73. The molecule has 1 heterocycles. The zero-order valence-electron chi connectivity index (χ0n) is 11.0. The maximum atomic E-state index is 12.6. The summed E-state index contributed by atoms with van der Waals surface area (Å²) in [4.78, 5) is 11.3. The molecule has 19 heavy (non-hydrogen) atoms. The zero-order chi connectivity index (χ0) is 14.2. The first kappa shape index (κ1) is 14.0. The highest BCUT2D eigenvalue weighted by Crippen LogP contribution is 2.28. The Hall–Kier alpha value is -1.40. The van der Waals surface area contributed by atoms with Gasteiger partial charge in [-0.3, -0.25) is 4.79 Å². The molecule has 0 bridgehead atoms. The van der Waals surface area contributed by atoms with Crippen LogP contribution in [0.5, 0.6) is 0 Å². The van der Waals surface area contributed by atoms with Gasteiger partial charge in [-0.2, -0.15) is 4.31 Å². The van der Waals surface area contributed by atoms with Gasteiger partial charge in [-0.05, 0) is 43.9 Å². The van der Waals surface area contributed by atoms with E-state index in [-0.39, 0.29) is 11.4 Å². The molecule has 1 saturated heterocycles. The van der Waals surface area contributed by atoms with E-state index in [0.717, 1.165) is 9.87 Å². The van der Waals surface area contributed by atoms with Gasteiger partial charge in [0.2, 0.25) is 10.0 Å². The summed E-state index contributed by atoms with van der Waals surface area (Å²) in [5.41, 5.74) is 1.48. The number of sulfonamides is 1. The van der Waals surface area contributed by atoms with Crippen molar-refractivity contribution in [2.75, 3.05) is 6.54 Å². The molecule has 1 N–H and O–H groups in total. The average Bonchev–Trinajstić information content (AvgIpc) is 2.82. The zero-order valence-corrected chi connectivity index (χ0v) is 11.8. The number of nitrogens with zero attached hydrogens (tertiary/aromatic N) is 1. The third kappa shape index (κ3) is 2.50. The predicted molar refractivity (Wildman–Crippen MR) is 70.5 cm³/mol. The highest BCUT2D eigenvalue weighted by molar-refractivity contribution is 7.89. The largest absolute Gasteiger partial charge is 0.480 e. The van der Waals surface area contributed by atoms with Crippen molar-refractivity contribution in [2.45, 2.75) is 37.6 Å². The quantitative estimate of drug-likeness (QED) is 0.913. The van der Waals surface area contributed by atoms with Crippen molar-refractivity contribution in [1.29, 1.82) is 0 Å². The van der Waals surface area contributed by atoms with Gasteiger partial charge >= 0.3 is 5.97 Å². The van der Waals surface area contributed by atoms with Gasteiger partial charge in [-0.15, -0.1) is 0 Å². The molecule has 1 aromatic carbocycles. The van der Waals surface area contributed by atoms with Gasteiger partial charge in [0.25, 0.3) is 0 Å². The van der Waals surface area contributed by atoms with Crippen LogP contribution in [0, 0.1) is 13.8 Å². The number of aliphatic carboxylic acids is 1. The van der Waals surface area contributed by atoms with Crippen LogP contribution >= 0.6 is 0 Å². The van der Waals surface area contributed by atoms with Gasteiger partial charge in [0.15, 0.2) is 0 Å². The third-order valence-electron chi connectivity index (χ3n) is 3.42. The number of rotatable bonds is 3. The van der Waals surface area contributed by atoms with Crippen LogP contribution < -0.4 is 0 Å². The van der Waals surface area contributed by atoms with Crippen molar-refractivity contribution < 1.29 is 18.3 Å². The smallest absolute Gasteiger partial charge is 0.322 e. The molecule has 2 rings (SSSR count). The average molecular weight is 283 g/mol. The van der Waals surface area contributed by atoms with E-state index >= 15 is 0 Å². The van der Waals surface area contributed by atoms with E-state index in [2.05, 4.69) is 0 Å². The highest BCUT2D eigenvalue weighted by Gasteiger charge is 2.39. The maximum absolute atomic E-state index is 12.6. The second kappa shape index (κ2) is 4.94. The fraction of sp³-hybridized carbons (Fsp3) is 0.462. The Bertz CT molecular complexity index is 609. The van der Waals surface area contributed by atoms with E-state index in [1.807, 2.05) is 13.0 Å². The van der Waals surface area contributed by atoms with Crippen LogP contribution in [-0.2, 0) is 14.8 Å². The fourth-order valence-electron chi connectivity index (χ4n) is 2.39.